The largest absolute Gasteiger partial charge is 0.393 e. The van der Waals surface area contributed by atoms with Crippen LogP contribution >= 0.6 is 0 Å². The highest BCUT2D eigenvalue weighted by molar-refractivity contribution is 5.97. The summed E-state index contributed by atoms with van der Waals surface area (Å²) in [5.74, 6) is 1.40. The van der Waals surface area contributed by atoms with E-state index in [2.05, 4.69) is 77.4 Å². The van der Waals surface area contributed by atoms with Crippen LogP contribution in [0, 0.1) is 0 Å². The van der Waals surface area contributed by atoms with Gasteiger partial charge in [-0.2, -0.15) is 0 Å². The van der Waals surface area contributed by atoms with Crippen LogP contribution in [-0.4, -0.2) is 22.6 Å². The Kier molecular flexibility index (Phi) is 4.51. The molecule has 0 fully saturated rings. The molecular weight excluding hydrogens is 298 g/mol. The molecule has 0 unspecified atom stereocenters. The van der Waals surface area contributed by atoms with Crippen molar-refractivity contribution < 1.29 is 0 Å². The molecule has 0 spiro atoms. The van der Waals surface area contributed by atoms with Gasteiger partial charge in [-0.3, -0.25) is 0 Å². The van der Waals surface area contributed by atoms with Gasteiger partial charge in [-0.25, -0.2) is 9.97 Å². The molecule has 0 aliphatic rings. The van der Waals surface area contributed by atoms with Crippen molar-refractivity contribution in [1.29, 1.82) is 0 Å². The second-order valence-corrected chi connectivity index (χ2v) is 6.00. The van der Waals surface area contributed by atoms with Crippen LogP contribution in [0.3, 0.4) is 0 Å². The summed E-state index contributed by atoms with van der Waals surface area (Å²) in [5.41, 5.74) is 8.02. The summed E-state index contributed by atoms with van der Waals surface area (Å²) in [6, 6.07) is 14.9. The molecule has 0 saturated heterocycles. The van der Waals surface area contributed by atoms with E-state index in [9.17, 15) is 0 Å². The first-order valence-corrected chi connectivity index (χ1v) is 8.24. The van der Waals surface area contributed by atoms with E-state index in [0.717, 1.165) is 18.1 Å². The van der Waals surface area contributed by atoms with Gasteiger partial charge in [-0.05, 0) is 32.2 Å². The molecule has 0 aliphatic carbocycles. The molecule has 0 radical (unpaired) electrons. The molecule has 0 bridgehead atoms. The molecule has 0 aliphatic heterocycles. The SMILES string of the molecule is CCN(c1ncnc(NC(C)C)c1N)c1cccc2ccccc12. The average Bonchev–Trinajstić information content (AvgIpc) is 2.58. The highest BCUT2D eigenvalue weighted by atomic mass is 15.2. The van der Waals surface area contributed by atoms with Crippen molar-refractivity contribution in [2.45, 2.75) is 26.8 Å². The number of anilines is 4. The Hall–Kier alpha value is -2.82. The molecular formula is C19H23N5. The Balaban J connectivity index is 2.12. The van der Waals surface area contributed by atoms with Crippen LogP contribution in [0.1, 0.15) is 20.8 Å². The van der Waals surface area contributed by atoms with E-state index in [-0.39, 0.29) is 6.04 Å². The van der Waals surface area contributed by atoms with Crippen LogP contribution in [0.5, 0.6) is 0 Å². The maximum Gasteiger partial charge on any atom is 0.161 e. The lowest BCUT2D eigenvalue weighted by atomic mass is 10.1. The van der Waals surface area contributed by atoms with Crippen LogP contribution in [0.2, 0.25) is 0 Å². The molecule has 3 rings (SSSR count). The highest BCUT2D eigenvalue weighted by Gasteiger charge is 2.17. The molecule has 3 aromatic rings. The number of hydrogen-bond acceptors (Lipinski definition) is 5. The standard InChI is InChI=1S/C19H23N5/c1-4-24(16-11-7-9-14-8-5-6-10-15(14)16)19-17(20)18(21-12-22-19)23-13(2)3/h5-13H,4,20H2,1-3H3,(H,21,22,23). The maximum absolute atomic E-state index is 6.36. The number of nitrogens with zero attached hydrogens (tertiary/aromatic N) is 3. The summed E-state index contributed by atoms with van der Waals surface area (Å²) in [5, 5.41) is 5.65. The lowest BCUT2D eigenvalue weighted by Gasteiger charge is -2.26. The van der Waals surface area contributed by atoms with Gasteiger partial charge in [0.2, 0.25) is 0 Å². The Labute approximate surface area is 142 Å². The van der Waals surface area contributed by atoms with E-state index in [1.807, 2.05) is 6.07 Å². The maximum atomic E-state index is 6.36. The van der Waals surface area contributed by atoms with Gasteiger partial charge < -0.3 is 16.0 Å². The van der Waals surface area contributed by atoms with Crippen LogP contribution in [0.15, 0.2) is 48.8 Å². The number of nitrogens with one attached hydrogen (secondary N) is 1. The second kappa shape index (κ2) is 6.74. The van der Waals surface area contributed by atoms with Gasteiger partial charge in [0.25, 0.3) is 0 Å². The van der Waals surface area contributed by atoms with Gasteiger partial charge in [0.15, 0.2) is 11.6 Å². The lowest BCUT2D eigenvalue weighted by Crippen LogP contribution is -2.21. The van der Waals surface area contributed by atoms with E-state index in [0.29, 0.717) is 11.5 Å². The molecule has 0 amide bonds. The Bertz CT molecular complexity index is 839. The fourth-order valence-electron chi connectivity index (χ4n) is 2.87. The van der Waals surface area contributed by atoms with Gasteiger partial charge in [0.05, 0.1) is 5.69 Å². The number of rotatable bonds is 5. The number of fused-ring (bicyclic) bond motifs is 1. The van der Waals surface area contributed by atoms with Crippen LogP contribution in [0.4, 0.5) is 23.0 Å². The minimum absolute atomic E-state index is 0.252. The molecule has 0 atom stereocenters. The first-order chi connectivity index (χ1) is 11.6. The molecule has 3 N–H and O–H groups in total. The second-order valence-electron chi connectivity index (χ2n) is 6.00. The number of hydrogen-bond donors (Lipinski definition) is 2. The van der Waals surface area contributed by atoms with E-state index in [1.54, 1.807) is 6.33 Å². The van der Waals surface area contributed by atoms with Crippen molar-refractivity contribution in [2.24, 2.45) is 0 Å². The van der Waals surface area contributed by atoms with E-state index >= 15 is 0 Å². The molecule has 0 saturated carbocycles. The molecule has 5 heteroatoms. The van der Waals surface area contributed by atoms with Gasteiger partial charge in [0.1, 0.15) is 12.0 Å². The number of benzene rings is 2. The summed E-state index contributed by atoms with van der Waals surface area (Å²) in [4.78, 5) is 10.9. The summed E-state index contributed by atoms with van der Waals surface area (Å²) in [6.07, 6.45) is 1.56. The van der Waals surface area contributed by atoms with Crippen molar-refractivity contribution >= 4 is 33.8 Å². The Morgan fingerprint density at radius 2 is 1.83 bits per heavy atom. The van der Waals surface area contributed by atoms with Crippen molar-refractivity contribution in [3.05, 3.63) is 48.8 Å². The van der Waals surface area contributed by atoms with Gasteiger partial charge >= 0.3 is 0 Å². The van der Waals surface area contributed by atoms with Crippen molar-refractivity contribution in [3.63, 3.8) is 0 Å². The van der Waals surface area contributed by atoms with E-state index < -0.39 is 0 Å². The summed E-state index contributed by atoms with van der Waals surface area (Å²) in [7, 11) is 0. The number of nitrogen functional groups attached to an aromatic ring is 1. The minimum atomic E-state index is 0.252. The van der Waals surface area contributed by atoms with Crippen molar-refractivity contribution in [3.8, 4) is 0 Å². The zero-order chi connectivity index (χ0) is 17.1. The average molecular weight is 321 g/mol. The summed E-state index contributed by atoms with van der Waals surface area (Å²) < 4.78 is 0. The first-order valence-electron chi connectivity index (χ1n) is 8.24. The molecule has 5 nitrogen and oxygen atoms in total. The van der Waals surface area contributed by atoms with Gasteiger partial charge in [-0.15, -0.1) is 0 Å². The topological polar surface area (TPSA) is 67.1 Å². The molecule has 2 aromatic carbocycles. The third-order valence-electron chi connectivity index (χ3n) is 3.92. The van der Waals surface area contributed by atoms with Crippen LogP contribution in [-0.2, 0) is 0 Å². The third kappa shape index (κ3) is 2.97. The van der Waals surface area contributed by atoms with Gasteiger partial charge in [-0.1, -0.05) is 36.4 Å². The summed E-state index contributed by atoms with van der Waals surface area (Å²) >= 11 is 0. The van der Waals surface area contributed by atoms with E-state index in [1.165, 1.54) is 10.8 Å². The molecule has 1 aromatic heterocycles. The monoisotopic (exact) mass is 321 g/mol. The minimum Gasteiger partial charge on any atom is -0.393 e. The fraction of sp³-hybridized carbons (Fsp3) is 0.263. The third-order valence-corrected chi connectivity index (χ3v) is 3.92. The Morgan fingerprint density at radius 3 is 2.58 bits per heavy atom. The fourth-order valence-corrected chi connectivity index (χ4v) is 2.87. The first kappa shape index (κ1) is 16.1. The smallest absolute Gasteiger partial charge is 0.161 e. The van der Waals surface area contributed by atoms with Crippen molar-refractivity contribution in [2.75, 3.05) is 22.5 Å². The zero-order valence-electron chi connectivity index (χ0n) is 14.3. The summed E-state index contributed by atoms with van der Waals surface area (Å²) in [6.45, 7) is 6.97. The number of aromatic nitrogens is 2. The predicted octanol–water partition coefficient (Wildman–Crippen LogP) is 4.19. The molecule has 24 heavy (non-hydrogen) atoms. The molecule has 1 heterocycles. The zero-order valence-corrected chi connectivity index (χ0v) is 14.3. The quantitative estimate of drug-likeness (QED) is 0.737. The normalized spacial score (nSPS) is 11.0. The Morgan fingerprint density at radius 1 is 1.08 bits per heavy atom. The van der Waals surface area contributed by atoms with Crippen molar-refractivity contribution in [1.82, 2.24) is 9.97 Å². The van der Waals surface area contributed by atoms with Crippen LogP contribution in [0.25, 0.3) is 10.8 Å². The van der Waals surface area contributed by atoms with E-state index in [4.69, 9.17) is 5.73 Å². The molecule has 124 valence electrons. The number of nitrogens with two attached hydrogens (primary N) is 1. The lowest BCUT2D eigenvalue weighted by molar-refractivity contribution is 0.884. The highest BCUT2D eigenvalue weighted by Crippen LogP contribution is 2.35. The van der Waals surface area contributed by atoms with Crippen LogP contribution < -0.4 is 16.0 Å². The predicted molar refractivity (Wildman–Crippen MR) is 102 cm³/mol. The van der Waals surface area contributed by atoms with Gasteiger partial charge in [0, 0.05) is 18.0 Å².